The lowest BCUT2D eigenvalue weighted by Gasteiger charge is -2.02. The molecule has 8 heteroatoms. The number of rotatable bonds is 8. The highest BCUT2D eigenvalue weighted by Gasteiger charge is 2.12. The Balaban J connectivity index is 1.61. The molecular formula is C16H19N5O2S. The van der Waals surface area contributed by atoms with E-state index in [9.17, 15) is 4.79 Å². The van der Waals surface area contributed by atoms with Crippen molar-refractivity contribution in [3.05, 3.63) is 58.1 Å². The highest BCUT2D eigenvalue weighted by atomic mass is 32.2. The number of aromatic nitrogens is 5. The summed E-state index contributed by atoms with van der Waals surface area (Å²) in [4.78, 5) is 16.1. The van der Waals surface area contributed by atoms with Crippen LogP contribution in [0.2, 0.25) is 0 Å². The summed E-state index contributed by atoms with van der Waals surface area (Å²) in [7, 11) is 0. The predicted molar refractivity (Wildman–Crippen MR) is 90.9 cm³/mol. The van der Waals surface area contributed by atoms with E-state index < -0.39 is 0 Å². The van der Waals surface area contributed by atoms with Gasteiger partial charge in [0.1, 0.15) is 0 Å². The van der Waals surface area contributed by atoms with E-state index in [1.54, 1.807) is 4.57 Å². The first-order valence-electron chi connectivity index (χ1n) is 7.89. The molecule has 0 fully saturated rings. The van der Waals surface area contributed by atoms with E-state index in [4.69, 9.17) is 4.52 Å². The number of thioether (sulfide) groups is 1. The van der Waals surface area contributed by atoms with Crippen molar-refractivity contribution in [2.24, 2.45) is 0 Å². The van der Waals surface area contributed by atoms with Crippen molar-refractivity contribution in [3.63, 3.8) is 0 Å². The van der Waals surface area contributed by atoms with E-state index in [1.165, 1.54) is 11.8 Å². The standard InChI is InChI=1S/C16H19N5O2S/c1-2-3-9-21-15(22)18-19-16(21)24-11-14-17-13(20-23-14)10-12-7-5-4-6-8-12/h4-8H,2-3,9-11H2,1H3,(H,18,22). The second-order valence-corrected chi connectivity index (χ2v) is 6.31. The van der Waals surface area contributed by atoms with Crippen LogP contribution in [-0.4, -0.2) is 24.9 Å². The van der Waals surface area contributed by atoms with E-state index in [1.807, 2.05) is 30.3 Å². The third kappa shape index (κ3) is 4.14. The van der Waals surface area contributed by atoms with Crippen molar-refractivity contribution < 1.29 is 4.52 Å². The number of hydrogen-bond acceptors (Lipinski definition) is 6. The summed E-state index contributed by atoms with van der Waals surface area (Å²) >= 11 is 1.42. The smallest absolute Gasteiger partial charge is 0.338 e. The molecule has 0 aliphatic heterocycles. The molecule has 7 nitrogen and oxygen atoms in total. The van der Waals surface area contributed by atoms with Crippen molar-refractivity contribution in [2.45, 2.75) is 43.6 Å². The molecule has 3 rings (SSSR count). The zero-order valence-corrected chi connectivity index (χ0v) is 14.3. The number of nitrogens with one attached hydrogen (secondary N) is 1. The van der Waals surface area contributed by atoms with E-state index in [0.717, 1.165) is 18.4 Å². The molecule has 3 aromatic rings. The van der Waals surface area contributed by atoms with Gasteiger partial charge in [-0.05, 0) is 12.0 Å². The van der Waals surface area contributed by atoms with Crippen LogP contribution in [0.25, 0.3) is 0 Å². The van der Waals surface area contributed by atoms with Gasteiger partial charge in [0.2, 0.25) is 5.89 Å². The van der Waals surface area contributed by atoms with Crippen molar-refractivity contribution >= 4 is 11.8 Å². The Bertz CT molecular complexity index is 824. The van der Waals surface area contributed by atoms with Crippen LogP contribution in [0.4, 0.5) is 0 Å². The largest absolute Gasteiger partial charge is 0.343 e. The summed E-state index contributed by atoms with van der Waals surface area (Å²) in [5.74, 6) is 1.67. The number of H-pyrrole nitrogens is 1. The molecule has 24 heavy (non-hydrogen) atoms. The normalized spacial score (nSPS) is 11.0. The van der Waals surface area contributed by atoms with Gasteiger partial charge in [-0.25, -0.2) is 9.89 Å². The molecule has 1 N–H and O–H groups in total. The number of hydrogen-bond donors (Lipinski definition) is 1. The first kappa shape index (κ1) is 16.5. The molecular weight excluding hydrogens is 326 g/mol. The Labute approximate surface area is 143 Å². The van der Waals surface area contributed by atoms with Crippen molar-refractivity contribution in [1.82, 2.24) is 24.9 Å². The topological polar surface area (TPSA) is 89.6 Å². The summed E-state index contributed by atoms with van der Waals surface area (Å²) < 4.78 is 6.93. The van der Waals surface area contributed by atoms with Gasteiger partial charge < -0.3 is 4.52 Å². The van der Waals surface area contributed by atoms with Crippen molar-refractivity contribution in [3.8, 4) is 0 Å². The number of aromatic amines is 1. The molecule has 0 aliphatic rings. The molecule has 0 unspecified atom stereocenters. The van der Waals surface area contributed by atoms with Crippen LogP contribution < -0.4 is 5.69 Å². The van der Waals surface area contributed by atoms with Crippen LogP contribution >= 0.6 is 11.8 Å². The van der Waals surface area contributed by atoms with Crippen LogP contribution in [0, 0.1) is 0 Å². The average molecular weight is 345 g/mol. The number of unbranched alkanes of at least 4 members (excludes halogenated alkanes) is 1. The molecule has 0 saturated heterocycles. The fraction of sp³-hybridized carbons (Fsp3) is 0.375. The first-order valence-corrected chi connectivity index (χ1v) is 8.88. The van der Waals surface area contributed by atoms with Crippen LogP contribution in [-0.2, 0) is 18.7 Å². The minimum Gasteiger partial charge on any atom is -0.338 e. The van der Waals surface area contributed by atoms with E-state index in [-0.39, 0.29) is 5.69 Å². The molecule has 126 valence electrons. The van der Waals surface area contributed by atoms with Crippen LogP contribution in [0.1, 0.15) is 37.0 Å². The van der Waals surface area contributed by atoms with E-state index >= 15 is 0 Å². The van der Waals surface area contributed by atoms with E-state index in [2.05, 4.69) is 27.3 Å². The van der Waals surface area contributed by atoms with Crippen LogP contribution in [0.3, 0.4) is 0 Å². The SMILES string of the molecule is CCCCn1c(SCc2nc(Cc3ccccc3)no2)n[nH]c1=O. The van der Waals surface area contributed by atoms with Gasteiger partial charge in [0, 0.05) is 13.0 Å². The maximum atomic E-state index is 11.7. The van der Waals surface area contributed by atoms with Crippen molar-refractivity contribution in [2.75, 3.05) is 0 Å². The average Bonchev–Trinajstić information content (AvgIpc) is 3.18. The second-order valence-electron chi connectivity index (χ2n) is 5.37. The summed E-state index contributed by atoms with van der Waals surface area (Å²) in [6, 6.07) is 10.0. The molecule has 2 heterocycles. The minimum absolute atomic E-state index is 0.179. The molecule has 1 aromatic carbocycles. The quantitative estimate of drug-likeness (QED) is 0.631. The fourth-order valence-electron chi connectivity index (χ4n) is 2.25. The van der Waals surface area contributed by atoms with Gasteiger partial charge in [-0.3, -0.25) is 4.57 Å². The lowest BCUT2D eigenvalue weighted by Crippen LogP contribution is -2.17. The Morgan fingerprint density at radius 2 is 2.12 bits per heavy atom. The molecule has 0 aliphatic carbocycles. The minimum atomic E-state index is -0.179. The molecule has 0 spiro atoms. The molecule has 0 amide bonds. The third-order valence-electron chi connectivity index (χ3n) is 3.50. The Kier molecular flexibility index (Phi) is 5.47. The molecule has 0 atom stereocenters. The Morgan fingerprint density at radius 1 is 1.29 bits per heavy atom. The summed E-state index contributed by atoms with van der Waals surface area (Å²) in [5, 5.41) is 11.2. The fourth-order valence-corrected chi connectivity index (χ4v) is 3.06. The predicted octanol–water partition coefficient (Wildman–Crippen LogP) is 2.64. The summed E-state index contributed by atoms with van der Waals surface area (Å²) in [6.07, 6.45) is 2.60. The first-order chi connectivity index (χ1) is 11.8. The zero-order valence-electron chi connectivity index (χ0n) is 13.4. The maximum Gasteiger partial charge on any atom is 0.343 e. The van der Waals surface area contributed by atoms with Gasteiger partial charge in [-0.1, -0.05) is 60.6 Å². The van der Waals surface area contributed by atoms with Crippen LogP contribution in [0.5, 0.6) is 0 Å². The van der Waals surface area contributed by atoms with Gasteiger partial charge in [0.25, 0.3) is 0 Å². The Hall–Kier alpha value is -2.35. The lowest BCUT2D eigenvalue weighted by molar-refractivity contribution is 0.385. The van der Waals surface area contributed by atoms with Gasteiger partial charge in [-0.2, -0.15) is 4.98 Å². The number of nitrogens with zero attached hydrogens (tertiary/aromatic N) is 4. The van der Waals surface area contributed by atoms with Gasteiger partial charge in [0.05, 0.1) is 5.75 Å². The summed E-state index contributed by atoms with van der Waals surface area (Å²) in [5.41, 5.74) is 0.958. The highest BCUT2D eigenvalue weighted by Crippen LogP contribution is 2.19. The number of benzene rings is 1. The van der Waals surface area contributed by atoms with E-state index in [0.29, 0.717) is 35.6 Å². The maximum absolute atomic E-state index is 11.7. The zero-order chi connectivity index (χ0) is 16.8. The summed E-state index contributed by atoms with van der Waals surface area (Å²) in [6.45, 7) is 2.75. The molecule has 0 saturated carbocycles. The van der Waals surface area contributed by atoms with Gasteiger partial charge >= 0.3 is 5.69 Å². The van der Waals surface area contributed by atoms with Crippen LogP contribution in [0.15, 0.2) is 44.8 Å². The molecule has 0 radical (unpaired) electrons. The molecule has 2 aromatic heterocycles. The highest BCUT2D eigenvalue weighted by molar-refractivity contribution is 7.98. The monoisotopic (exact) mass is 345 g/mol. The second kappa shape index (κ2) is 7.96. The third-order valence-corrected chi connectivity index (χ3v) is 4.46. The van der Waals surface area contributed by atoms with Gasteiger partial charge in [-0.15, -0.1) is 5.10 Å². The molecule has 0 bridgehead atoms. The van der Waals surface area contributed by atoms with Gasteiger partial charge in [0.15, 0.2) is 11.0 Å². The lowest BCUT2D eigenvalue weighted by atomic mass is 10.1. The van der Waals surface area contributed by atoms with Crippen molar-refractivity contribution in [1.29, 1.82) is 0 Å². The Morgan fingerprint density at radius 3 is 2.92 bits per heavy atom.